The standard InChI is InChI=1S/C24H28N4O2/c1-4-30-21-10-8-19(9-11-21)22-15-23(26-25-22)24(29)27-12-13-28(18(3)16-27)20-7-5-6-17(2)14-20/h5-11,14-15,18H,4,12-13,16H2,1-3H3,(H,25,26)/t18-/m1/s1. The van der Waals surface area contributed by atoms with E-state index < -0.39 is 0 Å². The molecule has 0 bridgehead atoms. The number of nitrogens with one attached hydrogen (secondary N) is 1. The van der Waals surface area contributed by atoms with Crippen molar-refractivity contribution >= 4 is 11.6 Å². The number of carbonyl (C=O) groups is 1. The van der Waals surface area contributed by atoms with Gasteiger partial charge in [-0.3, -0.25) is 9.89 Å². The van der Waals surface area contributed by atoms with E-state index in [0.717, 1.165) is 23.6 Å². The molecule has 1 aromatic heterocycles. The van der Waals surface area contributed by atoms with Crippen LogP contribution in [0.25, 0.3) is 11.3 Å². The highest BCUT2D eigenvalue weighted by atomic mass is 16.5. The highest BCUT2D eigenvalue weighted by molar-refractivity contribution is 5.93. The molecule has 1 aliphatic rings. The summed E-state index contributed by atoms with van der Waals surface area (Å²) in [5, 5.41) is 7.27. The Balaban J connectivity index is 1.43. The summed E-state index contributed by atoms with van der Waals surface area (Å²) in [5.41, 5.74) is 4.70. The molecule has 1 N–H and O–H groups in total. The number of nitrogens with zero attached hydrogens (tertiary/aromatic N) is 3. The van der Waals surface area contributed by atoms with Crippen LogP contribution in [0.4, 0.5) is 5.69 Å². The molecule has 1 fully saturated rings. The van der Waals surface area contributed by atoms with Gasteiger partial charge in [0, 0.05) is 36.9 Å². The molecule has 0 spiro atoms. The van der Waals surface area contributed by atoms with Crippen molar-refractivity contribution < 1.29 is 9.53 Å². The maximum absolute atomic E-state index is 13.0. The lowest BCUT2D eigenvalue weighted by atomic mass is 10.1. The first-order valence-electron chi connectivity index (χ1n) is 10.5. The summed E-state index contributed by atoms with van der Waals surface area (Å²) in [6.07, 6.45) is 0. The molecular formula is C24H28N4O2. The molecule has 6 nitrogen and oxygen atoms in total. The van der Waals surface area contributed by atoms with Crippen LogP contribution in [0.1, 0.15) is 29.9 Å². The summed E-state index contributed by atoms with van der Waals surface area (Å²) in [6, 6.07) is 18.4. The van der Waals surface area contributed by atoms with E-state index in [4.69, 9.17) is 4.74 Å². The summed E-state index contributed by atoms with van der Waals surface area (Å²) in [7, 11) is 0. The average molecular weight is 405 g/mol. The molecule has 1 saturated heterocycles. The molecule has 0 radical (unpaired) electrons. The first-order chi connectivity index (χ1) is 14.5. The Morgan fingerprint density at radius 1 is 1.17 bits per heavy atom. The molecule has 1 atom stereocenters. The van der Waals surface area contributed by atoms with Crippen molar-refractivity contribution in [3.05, 3.63) is 65.9 Å². The molecule has 1 amide bonds. The molecule has 2 aromatic carbocycles. The van der Waals surface area contributed by atoms with Crippen molar-refractivity contribution in [2.24, 2.45) is 0 Å². The maximum Gasteiger partial charge on any atom is 0.272 e. The van der Waals surface area contributed by atoms with Crippen LogP contribution in [0.2, 0.25) is 0 Å². The Labute approximate surface area is 177 Å². The van der Waals surface area contributed by atoms with Crippen molar-refractivity contribution in [3.63, 3.8) is 0 Å². The Bertz CT molecular complexity index is 1010. The zero-order valence-electron chi connectivity index (χ0n) is 17.8. The second-order valence-corrected chi connectivity index (χ2v) is 7.76. The number of aryl methyl sites for hydroxylation is 1. The topological polar surface area (TPSA) is 61.5 Å². The van der Waals surface area contributed by atoms with Gasteiger partial charge in [0.05, 0.1) is 12.3 Å². The molecule has 30 heavy (non-hydrogen) atoms. The number of aromatic amines is 1. The van der Waals surface area contributed by atoms with Gasteiger partial charge < -0.3 is 14.5 Å². The fraction of sp³-hybridized carbons (Fsp3) is 0.333. The van der Waals surface area contributed by atoms with Crippen molar-refractivity contribution in [1.29, 1.82) is 0 Å². The number of amides is 1. The van der Waals surface area contributed by atoms with E-state index in [2.05, 4.69) is 53.2 Å². The molecule has 2 heterocycles. The molecule has 3 aromatic rings. The fourth-order valence-corrected chi connectivity index (χ4v) is 3.97. The molecule has 156 valence electrons. The van der Waals surface area contributed by atoms with Gasteiger partial charge in [-0.15, -0.1) is 0 Å². The van der Waals surface area contributed by atoms with Crippen molar-refractivity contribution in [3.8, 4) is 17.0 Å². The number of hydrogen-bond donors (Lipinski definition) is 1. The lowest BCUT2D eigenvalue weighted by Crippen LogP contribution is -2.53. The van der Waals surface area contributed by atoms with Crippen molar-refractivity contribution in [2.75, 3.05) is 31.1 Å². The van der Waals surface area contributed by atoms with Crippen LogP contribution in [-0.2, 0) is 0 Å². The first-order valence-corrected chi connectivity index (χ1v) is 10.5. The van der Waals surface area contributed by atoms with E-state index in [1.165, 1.54) is 11.3 Å². The third-order valence-electron chi connectivity index (χ3n) is 5.52. The number of carbonyl (C=O) groups excluding carboxylic acids is 1. The number of hydrogen-bond acceptors (Lipinski definition) is 4. The van der Waals surface area contributed by atoms with Crippen LogP contribution in [-0.4, -0.2) is 53.3 Å². The summed E-state index contributed by atoms with van der Waals surface area (Å²) in [4.78, 5) is 17.3. The van der Waals surface area contributed by atoms with E-state index in [1.54, 1.807) is 0 Å². The number of aromatic nitrogens is 2. The van der Waals surface area contributed by atoms with Gasteiger partial charge in [-0.2, -0.15) is 5.10 Å². The molecule has 0 unspecified atom stereocenters. The third kappa shape index (κ3) is 4.17. The maximum atomic E-state index is 13.0. The van der Waals surface area contributed by atoms with Gasteiger partial charge in [0.15, 0.2) is 0 Å². The van der Waals surface area contributed by atoms with Gasteiger partial charge in [0.1, 0.15) is 11.4 Å². The number of piperazine rings is 1. The molecule has 0 aliphatic carbocycles. The first kappa shape index (κ1) is 20.0. The third-order valence-corrected chi connectivity index (χ3v) is 5.52. The largest absolute Gasteiger partial charge is 0.494 e. The van der Waals surface area contributed by atoms with Crippen LogP contribution in [0.5, 0.6) is 5.75 Å². The van der Waals surface area contributed by atoms with E-state index in [9.17, 15) is 4.79 Å². The SMILES string of the molecule is CCOc1ccc(-c2cc(C(=O)N3CCN(c4cccc(C)c4)[C@H](C)C3)[nH]n2)cc1. The smallest absolute Gasteiger partial charge is 0.272 e. The molecule has 6 heteroatoms. The van der Waals surface area contributed by atoms with Crippen molar-refractivity contribution in [1.82, 2.24) is 15.1 Å². The lowest BCUT2D eigenvalue weighted by molar-refractivity contribution is 0.0720. The second kappa shape index (κ2) is 8.61. The summed E-state index contributed by atoms with van der Waals surface area (Å²) < 4.78 is 5.48. The van der Waals surface area contributed by atoms with E-state index in [0.29, 0.717) is 25.4 Å². The second-order valence-electron chi connectivity index (χ2n) is 7.76. The fourth-order valence-electron chi connectivity index (χ4n) is 3.97. The molecule has 0 saturated carbocycles. The van der Waals surface area contributed by atoms with Gasteiger partial charge in [-0.25, -0.2) is 0 Å². The van der Waals surface area contributed by atoms with E-state index >= 15 is 0 Å². The minimum absolute atomic E-state index is 0.00423. The van der Waals surface area contributed by atoms with Crippen LogP contribution >= 0.6 is 0 Å². The highest BCUT2D eigenvalue weighted by Gasteiger charge is 2.28. The van der Waals surface area contributed by atoms with Crippen LogP contribution in [0, 0.1) is 6.92 Å². The zero-order valence-corrected chi connectivity index (χ0v) is 17.8. The summed E-state index contributed by atoms with van der Waals surface area (Å²) in [6.45, 7) is 9.06. The molecule has 4 rings (SSSR count). The lowest BCUT2D eigenvalue weighted by Gasteiger charge is -2.41. The van der Waals surface area contributed by atoms with Gasteiger partial charge >= 0.3 is 0 Å². The number of anilines is 1. The van der Waals surface area contributed by atoms with Crippen LogP contribution < -0.4 is 9.64 Å². The summed E-state index contributed by atoms with van der Waals surface area (Å²) in [5.74, 6) is 0.823. The van der Waals surface area contributed by atoms with Crippen molar-refractivity contribution in [2.45, 2.75) is 26.8 Å². The number of benzene rings is 2. The van der Waals surface area contributed by atoms with Gasteiger partial charge in [0.25, 0.3) is 5.91 Å². The number of ether oxygens (including phenoxy) is 1. The predicted octanol–water partition coefficient (Wildman–Crippen LogP) is 4.13. The quantitative estimate of drug-likeness (QED) is 0.694. The van der Waals surface area contributed by atoms with Gasteiger partial charge in [0.2, 0.25) is 0 Å². The molecule has 1 aliphatic heterocycles. The van der Waals surface area contributed by atoms with E-state index in [1.807, 2.05) is 42.2 Å². The Morgan fingerprint density at radius 2 is 1.97 bits per heavy atom. The minimum atomic E-state index is -0.00423. The normalized spacial score (nSPS) is 16.6. The van der Waals surface area contributed by atoms with Crippen LogP contribution in [0.15, 0.2) is 54.6 Å². The number of H-pyrrole nitrogens is 1. The Morgan fingerprint density at radius 3 is 2.67 bits per heavy atom. The average Bonchev–Trinajstić information content (AvgIpc) is 3.24. The predicted molar refractivity (Wildman–Crippen MR) is 119 cm³/mol. The monoisotopic (exact) mass is 404 g/mol. The minimum Gasteiger partial charge on any atom is -0.494 e. The summed E-state index contributed by atoms with van der Waals surface area (Å²) >= 11 is 0. The van der Waals surface area contributed by atoms with Gasteiger partial charge in [-0.05, 0) is 68.8 Å². The van der Waals surface area contributed by atoms with Crippen LogP contribution in [0.3, 0.4) is 0 Å². The van der Waals surface area contributed by atoms with Gasteiger partial charge in [-0.1, -0.05) is 12.1 Å². The Hall–Kier alpha value is -3.28. The van der Waals surface area contributed by atoms with E-state index in [-0.39, 0.29) is 11.9 Å². The highest BCUT2D eigenvalue weighted by Crippen LogP contribution is 2.24. The Kier molecular flexibility index (Phi) is 5.74. The molecular weight excluding hydrogens is 376 g/mol. The number of rotatable bonds is 5. The zero-order chi connectivity index (χ0) is 21.1.